The standard InChI is InChI=1S/C8H7N4O/c1-13-8-6(11-5-12-8)7-9-3-2-4-10-7/h2-4H,1H3,(H,11,12). The number of nitrogens with one attached hydrogen (secondary N) is 1. The van der Waals surface area contributed by atoms with Crippen molar-refractivity contribution in [3.05, 3.63) is 24.8 Å². The molecule has 2 aromatic rings. The Hall–Kier alpha value is -1.91. The second kappa shape index (κ2) is 3.22. The van der Waals surface area contributed by atoms with E-state index in [9.17, 15) is 0 Å². The Morgan fingerprint density at radius 3 is 2.85 bits per heavy atom. The van der Waals surface area contributed by atoms with E-state index in [1.165, 1.54) is 7.11 Å². The number of hydrogen-bond donors (Lipinski definition) is 1. The zero-order valence-corrected chi connectivity index (χ0v) is 6.98. The van der Waals surface area contributed by atoms with E-state index in [-0.39, 0.29) is 0 Å². The van der Waals surface area contributed by atoms with Crippen LogP contribution in [0.3, 0.4) is 0 Å². The SMILES string of the molecule is COc1n[c][nH]c1-c1ncccn1. The van der Waals surface area contributed by atoms with Crippen LogP contribution in [0.25, 0.3) is 11.5 Å². The molecule has 0 amide bonds. The molecule has 0 bridgehead atoms. The second-order valence-corrected chi connectivity index (χ2v) is 2.31. The Morgan fingerprint density at radius 2 is 2.15 bits per heavy atom. The van der Waals surface area contributed by atoms with Crippen molar-refractivity contribution in [2.75, 3.05) is 7.11 Å². The summed E-state index contributed by atoms with van der Waals surface area (Å²) in [6.45, 7) is 0. The van der Waals surface area contributed by atoms with Gasteiger partial charge in [0.05, 0.1) is 7.11 Å². The first-order chi connectivity index (χ1) is 6.42. The topological polar surface area (TPSA) is 63.7 Å². The molecule has 0 aromatic carbocycles. The lowest BCUT2D eigenvalue weighted by atomic mass is 10.4. The van der Waals surface area contributed by atoms with Crippen molar-refractivity contribution >= 4 is 0 Å². The van der Waals surface area contributed by atoms with Crippen LogP contribution in [0.4, 0.5) is 0 Å². The van der Waals surface area contributed by atoms with Gasteiger partial charge in [-0.3, -0.25) is 0 Å². The van der Waals surface area contributed by atoms with Gasteiger partial charge >= 0.3 is 0 Å². The molecule has 13 heavy (non-hydrogen) atoms. The highest BCUT2D eigenvalue weighted by molar-refractivity contribution is 5.55. The van der Waals surface area contributed by atoms with Gasteiger partial charge in [-0.25, -0.2) is 9.97 Å². The van der Waals surface area contributed by atoms with Crippen LogP contribution in [0.15, 0.2) is 18.5 Å². The quantitative estimate of drug-likeness (QED) is 0.728. The summed E-state index contributed by atoms with van der Waals surface area (Å²) in [6, 6.07) is 1.75. The van der Waals surface area contributed by atoms with Gasteiger partial charge in [0.1, 0.15) is 5.69 Å². The van der Waals surface area contributed by atoms with Crippen molar-refractivity contribution in [3.8, 4) is 17.4 Å². The van der Waals surface area contributed by atoms with E-state index in [4.69, 9.17) is 4.74 Å². The van der Waals surface area contributed by atoms with Crippen LogP contribution < -0.4 is 4.74 Å². The highest BCUT2D eigenvalue weighted by Crippen LogP contribution is 2.20. The van der Waals surface area contributed by atoms with Crippen LogP contribution in [0, 0.1) is 6.33 Å². The van der Waals surface area contributed by atoms with Crippen LogP contribution in [0.2, 0.25) is 0 Å². The Bertz CT molecular complexity index is 384. The summed E-state index contributed by atoms with van der Waals surface area (Å²) in [6.07, 6.45) is 5.88. The van der Waals surface area contributed by atoms with Gasteiger partial charge in [-0.2, -0.15) is 4.98 Å². The number of ether oxygens (including phenoxy) is 1. The third-order valence-electron chi connectivity index (χ3n) is 1.53. The van der Waals surface area contributed by atoms with Gasteiger partial charge in [0.25, 0.3) is 0 Å². The van der Waals surface area contributed by atoms with E-state index in [1.807, 2.05) is 0 Å². The zero-order valence-electron chi connectivity index (χ0n) is 6.98. The number of rotatable bonds is 2. The summed E-state index contributed by atoms with van der Waals surface area (Å²) in [5.41, 5.74) is 0.642. The lowest BCUT2D eigenvalue weighted by Crippen LogP contribution is -1.90. The van der Waals surface area contributed by atoms with Crippen LogP contribution in [0.5, 0.6) is 5.88 Å². The summed E-state index contributed by atoms with van der Waals surface area (Å²) in [5.74, 6) is 0.999. The average molecular weight is 175 g/mol. The van der Waals surface area contributed by atoms with Crippen LogP contribution in [-0.2, 0) is 0 Å². The molecule has 0 atom stereocenters. The molecule has 0 aliphatic rings. The minimum Gasteiger partial charge on any atom is -0.479 e. The Labute approximate surface area is 74.8 Å². The van der Waals surface area contributed by atoms with Crippen molar-refractivity contribution in [3.63, 3.8) is 0 Å². The fourth-order valence-electron chi connectivity index (χ4n) is 0.971. The molecule has 0 aliphatic heterocycles. The Morgan fingerprint density at radius 1 is 1.38 bits per heavy atom. The first-order valence-electron chi connectivity index (χ1n) is 3.69. The molecule has 5 heteroatoms. The molecule has 0 aliphatic carbocycles. The van der Waals surface area contributed by atoms with Gasteiger partial charge < -0.3 is 9.72 Å². The maximum atomic E-state index is 4.99. The molecule has 5 nitrogen and oxygen atoms in total. The maximum absolute atomic E-state index is 4.99. The minimum atomic E-state index is 0.450. The molecule has 2 rings (SSSR count). The molecular formula is C8H7N4O. The Balaban J connectivity index is 2.47. The molecule has 65 valence electrons. The number of aromatic amines is 1. The smallest absolute Gasteiger partial charge is 0.243 e. The molecule has 0 unspecified atom stereocenters. The molecule has 1 N–H and O–H groups in total. The lowest BCUT2D eigenvalue weighted by molar-refractivity contribution is 0.401. The summed E-state index contributed by atoms with van der Waals surface area (Å²) in [5, 5.41) is 0. The van der Waals surface area contributed by atoms with Crippen LogP contribution >= 0.6 is 0 Å². The second-order valence-electron chi connectivity index (χ2n) is 2.31. The summed E-state index contributed by atoms with van der Waals surface area (Å²) in [7, 11) is 1.54. The van der Waals surface area contributed by atoms with Crippen molar-refractivity contribution in [2.24, 2.45) is 0 Å². The van der Waals surface area contributed by atoms with Crippen LogP contribution in [-0.4, -0.2) is 27.0 Å². The average Bonchev–Trinajstić information content (AvgIpc) is 2.67. The molecule has 0 saturated heterocycles. The van der Waals surface area contributed by atoms with E-state index in [0.29, 0.717) is 17.4 Å². The van der Waals surface area contributed by atoms with Gasteiger partial charge in [0, 0.05) is 12.4 Å². The summed E-state index contributed by atoms with van der Waals surface area (Å²) < 4.78 is 4.99. The summed E-state index contributed by atoms with van der Waals surface area (Å²) >= 11 is 0. The first-order valence-corrected chi connectivity index (χ1v) is 3.69. The number of methoxy groups -OCH3 is 1. The normalized spacial score (nSPS) is 9.92. The van der Waals surface area contributed by atoms with Gasteiger partial charge in [0.15, 0.2) is 12.2 Å². The third-order valence-corrected chi connectivity index (χ3v) is 1.53. The predicted molar refractivity (Wildman–Crippen MR) is 45.0 cm³/mol. The molecule has 2 heterocycles. The Kier molecular flexibility index (Phi) is 1.91. The number of nitrogens with zero attached hydrogens (tertiary/aromatic N) is 3. The fourth-order valence-corrected chi connectivity index (χ4v) is 0.971. The number of H-pyrrole nitrogens is 1. The van der Waals surface area contributed by atoms with E-state index in [0.717, 1.165) is 0 Å². The van der Waals surface area contributed by atoms with E-state index < -0.39 is 0 Å². The van der Waals surface area contributed by atoms with E-state index >= 15 is 0 Å². The number of hydrogen-bond acceptors (Lipinski definition) is 4. The van der Waals surface area contributed by atoms with E-state index in [1.54, 1.807) is 18.5 Å². The molecule has 1 radical (unpaired) electrons. The predicted octanol–water partition coefficient (Wildman–Crippen LogP) is 0.675. The van der Waals surface area contributed by atoms with Crippen molar-refractivity contribution in [1.82, 2.24) is 19.9 Å². The third kappa shape index (κ3) is 1.35. The van der Waals surface area contributed by atoms with Crippen molar-refractivity contribution in [2.45, 2.75) is 0 Å². The van der Waals surface area contributed by atoms with Crippen molar-refractivity contribution in [1.29, 1.82) is 0 Å². The van der Waals surface area contributed by atoms with E-state index in [2.05, 4.69) is 26.3 Å². The maximum Gasteiger partial charge on any atom is 0.243 e. The zero-order chi connectivity index (χ0) is 9.10. The van der Waals surface area contributed by atoms with Crippen molar-refractivity contribution < 1.29 is 4.74 Å². The van der Waals surface area contributed by atoms with Crippen LogP contribution in [0.1, 0.15) is 0 Å². The van der Waals surface area contributed by atoms with Gasteiger partial charge in [-0.05, 0) is 6.07 Å². The molecule has 2 aromatic heterocycles. The first kappa shape index (κ1) is 7.72. The molecule has 0 saturated carbocycles. The van der Waals surface area contributed by atoms with Gasteiger partial charge in [0.2, 0.25) is 5.88 Å². The fraction of sp³-hybridized carbons (Fsp3) is 0.125. The monoisotopic (exact) mass is 175 g/mol. The highest BCUT2D eigenvalue weighted by atomic mass is 16.5. The summed E-state index contributed by atoms with van der Waals surface area (Å²) in [4.78, 5) is 14.7. The largest absolute Gasteiger partial charge is 0.479 e. The molecular weight excluding hydrogens is 168 g/mol. The van der Waals surface area contributed by atoms with Gasteiger partial charge in [-0.15, -0.1) is 0 Å². The highest BCUT2D eigenvalue weighted by Gasteiger charge is 2.09. The number of aromatic nitrogens is 4. The minimum absolute atomic E-state index is 0.450. The molecule has 0 fully saturated rings. The van der Waals surface area contributed by atoms with Gasteiger partial charge in [-0.1, -0.05) is 0 Å². The lowest BCUT2D eigenvalue weighted by Gasteiger charge is -1.97. The molecule has 0 spiro atoms. The number of imidazole rings is 1.